The zero-order valence-electron chi connectivity index (χ0n) is 10.9. The first-order valence-corrected chi connectivity index (χ1v) is 8.07. The van der Waals surface area contributed by atoms with Gasteiger partial charge in [0.05, 0.1) is 0 Å². The van der Waals surface area contributed by atoms with Crippen LogP contribution in [0.25, 0.3) is 10.9 Å². The summed E-state index contributed by atoms with van der Waals surface area (Å²) in [5.41, 5.74) is 2.80. The molecule has 1 aliphatic rings. The molecule has 1 aromatic carbocycles. The molecule has 0 bridgehead atoms. The van der Waals surface area contributed by atoms with Crippen LogP contribution in [0.15, 0.2) is 30.3 Å². The largest absolute Gasteiger partial charge is 0.342 e. The zero-order chi connectivity index (χ0) is 12.4. The first kappa shape index (κ1) is 12.1. The molecule has 1 aromatic heterocycles. The summed E-state index contributed by atoms with van der Waals surface area (Å²) in [6.07, 6.45) is 4.88. The molecule has 1 fully saturated rings. The summed E-state index contributed by atoms with van der Waals surface area (Å²) in [7, 11) is 0. The van der Waals surface area contributed by atoms with E-state index in [0.29, 0.717) is 0 Å². The van der Waals surface area contributed by atoms with E-state index in [-0.39, 0.29) is 0 Å². The fourth-order valence-electron chi connectivity index (χ4n) is 2.40. The van der Waals surface area contributed by atoms with E-state index in [2.05, 4.69) is 46.5 Å². The lowest BCUT2D eigenvalue weighted by atomic mass is 10.2. The van der Waals surface area contributed by atoms with Crippen molar-refractivity contribution in [2.24, 2.45) is 0 Å². The molecule has 18 heavy (non-hydrogen) atoms. The van der Waals surface area contributed by atoms with Crippen LogP contribution < -0.4 is 5.32 Å². The van der Waals surface area contributed by atoms with E-state index in [9.17, 15) is 0 Å². The highest BCUT2D eigenvalue weighted by Gasteiger charge is 2.20. The Balaban J connectivity index is 1.88. The third-order valence-electron chi connectivity index (χ3n) is 3.56. The molecule has 0 unspecified atom stereocenters. The molecule has 0 radical (unpaired) electrons. The fraction of sp³-hybridized carbons (Fsp3) is 0.467. The molecule has 96 valence electrons. The van der Waals surface area contributed by atoms with Gasteiger partial charge in [0.1, 0.15) is 0 Å². The van der Waals surface area contributed by atoms with Crippen molar-refractivity contribution in [2.75, 3.05) is 12.0 Å². The Morgan fingerprint density at radius 3 is 2.94 bits per heavy atom. The van der Waals surface area contributed by atoms with Crippen LogP contribution >= 0.6 is 11.8 Å². The molecule has 1 heterocycles. The number of aromatic nitrogens is 1. The second-order valence-corrected chi connectivity index (χ2v) is 5.98. The fourth-order valence-corrected chi connectivity index (χ4v) is 2.76. The molecule has 0 aliphatic heterocycles. The van der Waals surface area contributed by atoms with Gasteiger partial charge in [-0.15, -0.1) is 0 Å². The van der Waals surface area contributed by atoms with Gasteiger partial charge in [-0.1, -0.05) is 18.2 Å². The minimum Gasteiger partial charge on any atom is -0.342 e. The molecule has 0 amide bonds. The number of para-hydroxylation sites is 1. The molecule has 3 rings (SSSR count). The number of benzene rings is 1. The Kier molecular flexibility index (Phi) is 3.62. The van der Waals surface area contributed by atoms with Gasteiger partial charge in [-0.05, 0) is 36.6 Å². The standard InChI is InChI=1S/C15H20N2S/c1-18-9-8-17-14(11-16-13-6-7-13)10-12-4-2-3-5-15(12)17/h2-5,10,13,16H,6-9,11H2,1H3. The van der Waals surface area contributed by atoms with Crippen molar-refractivity contribution in [2.45, 2.75) is 32.0 Å². The molecule has 1 N–H and O–H groups in total. The summed E-state index contributed by atoms with van der Waals surface area (Å²) in [4.78, 5) is 0. The Labute approximate surface area is 113 Å². The van der Waals surface area contributed by atoms with Gasteiger partial charge >= 0.3 is 0 Å². The van der Waals surface area contributed by atoms with Crippen LogP contribution in [-0.2, 0) is 13.1 Å². The van der Waals surface area contributed by atoms with Gasteiger partial charge in [0, 0.05) is 36.1 Å². The second kappa shape index (κ2) is 5.37. The van der Waals surface area contributed by atoms with Crippen molar-refractivity contribution in [3.63, 3.8) is 0 Å². The maximum absolute atomic E-state index is 3.62. The lowest BCUT2D eigenvalue weighted by Crippen LogP contribution is -2.18. The van der Waals surface area contributed by atoms with Crippen LogP contribution in [0.3, 0.4) is 0 Å². The minimum absolute atomic E-state index is 0.775. The van der Waals surface area contributed by atoms with E-state index in [1.807, 2.05) is 11.8 Å². The highest BCUT2D eigenvalue weighted by atomic mass is 32.2. The summed E-state index contributed by atoms with van der Waals surface area (Å²) in [6, 6.07) is 11.8. The molecular formula is C15H20N2S. The van der Waals surface area contributed by atoms with Crippen LogP contribution in [0, 0.1) is 0 Å². The third kappa shape index (κ3) is 2.57. The molecule has 0 atom stereocenters. The van der Waals surface area contributed by atoms with Crippen molar-refractivity contribution in [3.05, 3.63) is 36.0 Å². The predicted octanol–water partition coefficient (Wildman–Crippen LogP) is 3.26. The number of hydrogen-bond donors (Lipinski definition) is 1. The Hall–Kier alpha value is -0.930. The lowest BCUT2D eigenvalue weighted by Gasteiger charge is -2.10. The first-order valence-electron chi connectivity index (χ1n) is 6.68. The SMILES string of the molecule is CSCCn1c(CNC2CC2)cc2ccccc21. The minimum atomic E-state index is 0.775. The molecule has 0 saturated heterocycles. The highest BCUT2D eigenvalue weighted by molar-refractivity contribution is 7.98. The topological polar surface area (TPSA) is 17.0 Å². The number of rotatable bonds is 6. The Morgan fingerprint density at radius 1 is 1.33 bits per heavy atom. The number of aryl methyl sites for hydroxylation is 1. The van der Waals surface area contributed by atoms with Crippen LogP contribution in [0.5, 0.6) is 0 Å². The predicted molar refractivity (Wildman–Crippen MR) is 80.2 cm³/mol. The normalized spacial score (nSPS) is 15.4. The van der Waals surface area contributed by atoms with Gasteiger partial charge in [-0.2, -0.15) is 11.8 Å². The Bertz CT molecular complexity index is 528. The zero-order valence-corrected chi connectivity index (χ0v) is 11.7. The van der Waals surface area contributed by atoms with Crippen LogP contribution in [0.2, 0.25) is 0 Å². The molecule has 2 nitrogen and oxygen atoms in total. The summed E-state index contributed by atoms with van der Waals surface area (Å²) >= 11 is 1.91. The summed E-state index contributed by atoms with van der Waals surface area (Å²) in [6.45, 7) is 2.12. The van der Waals surface area contributed by atoms with Crippen LogP contribution in [0.4, 0.5) is 0 Å². The molecule has 1 saturated carbocycles. The number of nitrogens with one attached hydrogen (secondary N) is 1. The smallest absolute Gasteiger partial charge is 0.0483 e. The van der Waals surface area contributed by atoms with Crippen molar-refractivity contribution >= 4 is 22.7 Å². The van der Waals surface area contributed by atoms with Gasteiger partial charge in [0.15, 0.2) is 0 Å². The van der Waals surface area contributed by atoms with Crippen LogP contribution in [-0.4, -0.2) is 22.6 Å². The summed E-state index contributed by atoms with van der Waals surface area (Å²) in [5.74, 6) is 1.18. The number of hydrogen-bond acceptors (Lipinski definition) is 2. The molecular weight excluding hydrogens is 240 g/mol. The summed E-state index contributed by atoms with van der Waals surface area (Å²) < 4.78 is 2.47. The van der Waals surface area contributed by atoms with E-state index >= 15 is 0 Å². The molecule has 2 aromatic rings. The van der Waals surface area contributed by atoms with Gasteiger partial charge in [0.25, 0.3) is 0 Å². The van der Waals surface area contributed by atoms with E-state index in [1.165, 1.54) is 35.2 Å². The van der Waals surface area contributed by atoms with Gasteiger partial charge < -0.3 is 9.88 Å². The van der Waals surface area contributed by atoms with Crippen molar-refractivity contribution in [1.29, 1.82) is 0 Å². The monoisotopic (exact) mass is 260 g/mol. The Morgan fingerprint density at radius 2 is 2.17 bits per heavy atom. The second-order valence-electron chi connectivity index (χ2n) is 4.99. The van der Waals surface area contributed by atoms with E-state index < -0.39 is 0 Å². The maximum Gasteiger partial charge on any atom is 0.0483 e. The number of nitrogens with zero attached hydrogens (tertiary/aromatic N) is 1. The van der Waals surface area contributed by atoms with Gasteiger partial charge in [-0.3, -0.25) is 0 Å². The van der Waals surface area contributed by atoms with Gasteiger partial charge in [0.2, 0.25) is 0 Å². The molecule has 0 spiro atoms. The average Bonchev–Trinajstić information content (AvgIpc) is 3.16. The van der Waals surface area contributed by atoms with Crippen molar-refractivity contribution in [1.82, 2.24) is 9.88 Å². The van der Waals surface area contributed by atoms with Gasteiger partial charge in [-0.25, -0.2) is 0 Å². The number of thioether (sulfide) groups is 1. The van der Waals surface area contributed by atoms with Crippen molar-refractivity contribution < 1.29 is 0 Å². The molecule has 1 aliphatic carbocycles. The number of fused-ring (bicyclic) bond motifs is 1. The lowest BCUT2D eigenvalue weighted by molar-refractivity contribution is 0.636. The molecule has 3 heteroatoms. The highest BCUT2D eigenvalue weighted by Crippen LogP contribution is 2.23. The summed E-state index contributed by atoms with van der Waals surface area (Å²) in [5, 5.41) is 4.99. The average molecular weight is 260 g/mol. The van der Waals surface area contributed by atoms with Crippen molar-refractivity contribution in [3.8, 4) is 0 Å². The quantitative estimate of drug-likeness (QED) is 0.858. The van der Waals surface area contributed by atoms with E-state index in [0.717, 1.165) is 19.1 Å². The van der Waals surface area contributed by atoms with E-state index in [4.69, 9.17) is 0 Å². The van der Waals surface area contributed by atoms with Crippen LogP contribution in [0.1, 0.15) is 18.5 Å². The third-order valence-corrected chi connectivity index (χ3v) is 4.16. The first-order chi connectivity index (χ1) is 8.88. The maximum atomic E-state index is 3.62. The van der Waals surface area contributed by atoms with E-state index in [1.54, 1.807) is 0 Å².